The molecular formula is C27H27N3O2S. The van der Waals surface area contributed by atoms with Crippen molar-refractivity contribution in [2.24, 2.45) is 0 Å². The number of para-hydroxylation sites is 1. The summed E-state index contributed by atoms with van der Waals surface area (Å²) >= 11 is 5.77. The van der Waals surface area contributed by atoms with Crippen LogP contribution in [-0.4, -0.2) is 22.1 Å². The van der Waals surface area contributed by atoms with Gasteiger partial charge >= 0.3 is 0 Å². The van der Waals surface area contributed by atoms with E-state index >= 15 is 0 Å². The van der Waals surface area contributed by atoms with Crippen molar-refractivity contribution in [2.45, 2.75) is 26.9 Å². The second kappa shape index (κ2) is 9.88. The second-order valence-electron chi connectivity index (χ2n) is 8.11. The van der Waals surface area contributed by atoms with Gasteiger partial charge in [-0.15, -0.1) is 0 Å². The zero-order valence-corrected chi connectivity index (χ0v) is 19.8. The predicted octanol–water partition coefficient (Wildman–Crippen LogP) is 5.55. The first-order chi connectivity index (χ1) is 15.9. The number of hydrogen-bond donors (Lipinski definition) is 2. The molecule has 2 N–H and O–H groups in total. The van der Waals surface area contributed by atoms with Gasteiger partial charge in [0.1, 0.15) is 5.75 Å². The SMILES string of the molecule is COc1ccc(CN(Cc2cc3c(C)ccc(C)c3[nH]c2=O)C(=S)Nc2ccccc2)cc1. The van der Waals surface area contributed by atoms with Crippen LogP contribution in [0.3, 0.4) is 0 Å². The lowest BCUT2D eigenvalue weighted by molar-refractivity contribution is 0.406. The molecule has 0 unspecified atom stereocenters. The van der Waals surface area contributed by atoms with Gasteiger partial charge in [0.2, 0.25) is 0 Å². The zero-order chi connectivity index (χ0) is 23.4. The molecule has 1 aromatic heterocycles. The summed E-state index contributed by atoms with van der Waals surface area (Å²) in [5.74, 6) is 0.798. The van der Waals surface area contributed by atoms with E-state index in [2.05, 4.69) is 23.3 Å². The maximum Gasteiger partial charge on any atom is 0.253 e. The van der Waals surface area contributed by atoms with Crippen molar-refractivity contribution < 1.29 is 4.74 Å². The number of rotatable bonds is 6. The number of aromatic nitrogens is 1. The molecule has 5 nitrogen and oxygen atoms in total. The van der Waals surface area contributed by atoms with Gasteiger partial charge in [0, 0.05) is 23.2 Å². The Balaban J connectivity index is 1.67. The standard InChI is InChI=1S/C27H27N3O2S/c1-18-9-10-19(2)25-24(18)15-21(26(31)29-25)17-30(16-20-11-13-23(32-3)14-12-20)27(33)28-22-7-5-4-6-8-22/h4-15H,16-17H2,1-3H3,(H,28,33)(H,29,31). The van der Waals surface area contributed by atoms with E-state index in [1.54, 1.807) is 7.11 Å². The Morgan fingerprint density at radius 2 is 1.67 bits per heavy atom. The minimum absolute atomic E-state index is 0.0987. The third kappa shape index (κ3) is 5.23. The topological polar surface area (TPSA) is 57.4 Å². The van der Waals surface area contributed by atoms with Gasteiger partial charge in [0.15, 0.2) is 5.11 Å². The zero-order valence-electron chi connectivity index (χ0n) is 19.0. The maximum atomic E-state index is 13.0. The Hall–Kier alpha value is -3.64. The molecule has 33 heavy (non-hydrogen) atoms. The van der Waals surface area contributed by atoms with E-state index in [9.17, 15) is 4.79 Å². The summed E-state index contributed by atoms with van der Waals surface area (Å²) in [6.45, 7) is 4.99. The Kier molecular flexibility index (Phi) is 6.75. The quantitative estimate of drug-likeness (QED) is 0.372. The monoisotopic (exact) mass is 457 g/mol. The molecule has 168 valence electrons. The van der Waals surface area contributed by atoms with Crippen LogP contribution in [0.1, 0.15) is 22.3 Å². The number of aromatic amines is 1. The first kappa shape index (κ1) is 22.6. The summed E-state index contributed by atoms with van der Waals surface area (Å²) in [5, 5.41) is 4.91. The summed E-state index contributed by atoms with van der Waals surface area (Å²) in [6.07, 6.45) is 0. The molecule has 0 aliphatic heterocycles. The van der Waals surface area contributed by atoms with E-state index in [4.69, 9.17) is 17.0 Å². The molecule has 0 amide bonds. The van der Waals surface area contributed by atoms with Crippen molar-refractivity contribution in [2.75, 3.05) is 12.4 Å². The largest absolute Gasteiger partial charge is 0.497 e. The number of H-pyrrole nitrogens is 1. The first-order valence-electron chi connectivity index (χ1n) is 10.8. The molecule has 6 heteroatoms. The molecular weight excluding hydrogens is 430 g/mol. The third-order valence-corrected chi connectivity index (χ3v) is 6.09. The van der Waals surface area contributed by atoms with Crippen LogP contribution >= 0.6 is 12.2 Å². The number of hydrogen-bond acceptors (Lipinski definition) is 3. The Bertz CT molecular complexity index is 1330. The van der Waals surface area contributed by atoms with Crippen LogP contribution in [0, 0.1) is 13.8 Å². The van der Waals surface area contributed by atoms with Gasteiger partial charge in [-0.3, -0.25) is 4.79 Å². The lowest BCUT2D eigenvalue weighted by Crippen LogP contribution is -2.35. The van der Waals surface area contributed by atoms with Crippen molar-refractivity contribution in [1.29, 1.82) is 0 Å². The van der Waals surface area contributed by atoms with Gasteiger partial charge < -0.3 is 19.9 Å². The van der Waals surface area contributed by atoms with E-state index in [0.717, 1.165) is 39.0 Å². The lowest BCUT2D eigenvalue weighted by Gasteiger charge is -2.26. The maximum absolute atomic E-state index is 13.0. The van der Waals surface area contributed by atoms with Crippen molar-refractivity contribution in [1.82, 2.24) is 9.88 Å². The van der Waals surface area contributed by atoms with Crippen LogP contribution in [0.2, 0.25) is 0 Å². The van der Waals surface area contributed by atoms with Gasteiger partial charge in [-0.25, -0.2) is 0 Å². The minimum atomic E-state index is -0.0987. The van der Waals surface area contributed by atoms with E-state index in [1.165, 1.54) is 0 Å². The Morgan fingerprint density at radius 1 is 0.970 bits per heavy atom. The van der Waals surface area contributed by atoms with E-state index < -0.39 is 0 Å². The summed E-state index contributed by atoms with van der Waals surface area (Å²) in [7, 11) is 1.65. The summed E-state index contributed by atoms with van der Waals surface area (Å²) in [4.78, 5) is 18.1. The van der Waals surface area contributed by atoms with Gasteiger partial charge in [-0.2, -0.15) is 0 Å². The molecule has 0 spiro atoms. The highest BCUT2D eigenvalue weighted by atomic mass is 32.1. The van der Waals surface area contributed by atoms with Gasteiger partial charge in [0.05, 0.1) is 19.2 Å². The lowest BCUT2D eigenvalue weighted by atomic mass is 10.0. The molecule has 1 heterocycles. The third-order valence-electron chi connectivity index (χ3n) is 5.73. The number of ether oxygens (including phenoxy) is 1. The van der Waals surface area contributed by atoms with Gasteiger partial charge in [-0.05, 0) is 73.1 Å². The molecule has 0 fully saturated rings. The molecule has 0 saturated heterocycles. The number of nitrogens with zero attached hydrogens (tertiary/aromatic N) is 1. The van der Waals surface area contributed by atoms with E-state index in [-0.39, 0.29) is 5.56 Å². The average Bonchev–Trinajstić information content (AvgIpc) is 2.83. The van der Waals surface area contributed by atoms with Crippen molar-refractivity contribution >= 4 is 33.9 Å². The van der Waals surface area contributed by atoms with Crippen LogP contribution in [0.5, 0.6) is 5.75 Å². The molecule has 0 radical (unpaired) electrons. The molecule has 0 aliphatic rings. The highest BCUT2D eigenvalue weighted by Crippen LogP contribution is 2.21. The van der Waals surface area contributed by atoms with Crippen LogP contribution in [0.25, 0.3) is 10.9 Å². The average molecular weight is 458 g/mol. The smallest absolute Gasteiger partial charge is 0.253 e. The molecule has 0 saturated carbocycles. The van der Waals surface area contributed by atoms with Crippen molar-refractivity contribution in [3.05, 3.63) is 105 Å². The highest BCUT2D eigenvalue weighted by Gasteiger charge is 2.15. The highest BCUT2D eigenvalue weighted by molar-refractivity contribution is 7.80. The van der Waals surface area contributed by atoms with E-state index in [1.807, 2.05) is 78.6 Å². The second-order valence-corrected chi connectivity index (χ2v) is 8.50. The number of pyridine rings is 1. The summed E-state index contributed by atoms with van der Waals surface area (Å²) in [6, 6.07) is 23.8. The molecule has 4 rings (SSSR count). The number of anilines is 1. The number of nitrogens with one attached hydrogen (secondary N) is 2. The molecule has 0 bridgehead atoms. The number of fused-ring (bicyclic) bond motifs is 1. The first-order valence-corrected chi connectivity index (χ1v) is 11.2. The van der Waals surface area contributed by atoms with Crippen LogP contribution in [0.4, 0.5) is 5.69 Å². The fourth-order valence-electron chi connectivity index (χ4n) is 3.82. The fraction of sp³-hybridized carbons (Fsp3) is 0.185. The normalized spacial score (nSPS) is 10.8. The van der Waals surface area contributed by atoms with Gasteiger partial charge in [-0.1, -0.05) is 42.5 Å². The Labute approximate surface area is 199 Å². The number of benzene rings is 3. The van der Waals surface area contributed by atoms with Gasteiger partial charge in [0.25, 0.3) is 5.56 Å². The molecule has 3 aromatic carbocycles. The summed E-state index contributed by atoms with van der Waals surface area (Å²) in [5.41, 5.74) is 5.60. The van der Waals surface area contributed by atoms with Crippen LogP contribution in [-0.2, 0) is 13.1 Å². The fourth-order valence-corrected chi connectivity index (χ4v) is 4.06. The van der Waals surface area contributed by atoms with Crippen LogP contribution < -0.4 is 15.6 Å². The number of thiocarbonyl (C=S) groups is 1. The molecule has 4 aromatic rings. The molecule has 0 atom stereocenters. The number of methoxy groups -OCH3 is 1. The van der Waals surface area contributed by atoms with Crippen molar-refractivity contribution in [3.8, 4) is 5.75 Å². The van der Waals surface area contributed by atoms with Crippen molar-refractivity contribution in [3.63, 3.8) is 0 Å². The summed E-state index contributed by atoms with van der Waals surface area (Å²) < 4.78 is 5.28. The Morgan fingerprint density at radius 3 is 2.36 bits per heavy atom. The van der Waals surface area contributed by atoms with E-state index in [0.29, 0.717) is 23.8 Å². The predicted molar refractivity (Wildman–Crippen MR) is 139 cm³/mol. The number of aryl methyl sites for hydroxylation is 2. The van der Waals surface area contributed by atoms with Crippen LogP contribution in [0.15, 0.2) is 77.6 Å². The minimum Gasteiger partial charge on any atom is -0.497 e. The molecule has 0 aliphatic carbocycles.